The first kappa shape index (κ1) is 20.0. The van der Waals surface area contributed by atoms with Gasteiger partial charge in [0.1, 0.15) is 0 Å². The van der Waals surface area contributed by atoms with Crippen LogP contribution in [0.4, 0.5) is 8.78 Å². The van der Waals surface area contributed by atoms with Gasteiger partial charge < -0.3 is 10.2 Å². The van der Waals surface area contributed by atoms with Crippen LogP contribution in [0.15, 0.2) is 36.4 Å². The van der Waals surface area contributed by atoms with E-state index in [1.54, 1.807) is 6.07 Å². The van der Waals surface area contributed by atoms with Gasteiger partial charge in [-0.3, -0.25) is 4.79 Å². The van der Waals surface area contributed by atoms with Gasteiger partial charge in [0.25, 0.3) is 11.8 Å². The summed E-state index contributed by atoms with van der Waals surface area (Å²) in [4.78, 5) is 14.0. The highest BCUT2D eigenvalue weighted by Gasteiger charge is 2.37. The SMILES string of the molecule is Cl.O=C(c1ccc2c(C3CCNCC3)cccc2c1)N1CCCC(F)(F)C1. The monoisotopic (exact) mass is 394 g/mol. The summed E-state index contributed by atoms with van der Waals surface area (Å²) in [5.74, 6) is -2.53. The first-order valence-electron chi connectivity index (χ1n) is 9.44. The highest BCUT2D eigenvalue weighted by Crippen LogP contribution is 2.32. The third kappa shape index (κ3) is 4.25. The van der Waals surface area contributed by atoms with Crippen molar-refractivity contribution in [3.63, 3.8) is 0 Å². The van der Waals surface area contributed by atoms with Crippen molar-refractivity contribution in [2.75, 3.05) is 26.2 Å². The fourth-order valence-corrected chi connectivity index (χ4v) is 4.25. The minimum Gasteiger partial charge on any atom is -0.333 e. The number of nitrogens with one attached hydrogen (secondary N) is 1. The van der Waals surface area contributed by atoms with E-state index in [4.69, 9.17) is 0 Å². The van der Waals surface area contributed by atoms with Gasteiger partial charge in [-0.05, 0) is 66.7 Å². The number of fused-ring (bicyclic) bond motifs is 1. The number of carbonyl (C=O) groups is 1. The Morgan fingerprint density at radius 2 is 1.93 bits per heavy atom. The second-order valence-electron chi connectivity index (χ2n) is 7.49. The molecule has 0 spiro atoms. The Bertz CT molecular complexity index is 821. The molecule has 2 aromatic carbocycles. The molecule has 2 heterocycles. The van der Waals surface area contributed by atoms with Crippen LogP contribution < -0.4 is 5.32 Å². The molecular formula is C21H25ClF2N2O. The molecule has 0 radical (unpaired) electrons. The normalized spacial score (nSPS) is 20.3. The van der Waals surface area contributed by atoms with E-state index >= 15 is 0 Å². The topological polar surface area (TPSA) is 32.3 Å². The molecule has 0 unspecified atom stereocenters. The summed E-state index contributed by atoms with van der Waals surface area (Å²) in [6, 6.07) is 11.8. The van der Waals surface area contributed by atoms with E-state index in [9.17, 15) is 13.6 Å². The molecule has 2 saturated heterocycles. The van der Waals surface area contributed by atoms with Gasteiger partial charge in [-0.15, -0.1) is 12.4 Å². The van der Waals surface area contributed by atoms with Crippen molar-refractivity contribution in [2.45, 2.75) is 37.5 Å². The number of alkyl halides is 2. The Labute approximate surface area is 164 Å². The quantitative estimate of drug-likeness (QED) is 0.807. The summed E-state index contributed by atoms with van der Waals surface area (Å²) in [5, 5.41) is 5.56. The van der Waals surface area contributed by atoms with Crippen LogP contribution in [0.2, 0.25) is 0 Å². The molecule has 2 aliphatic heterocycles. The Morgan fingerprint density at radius 1 is 1.15 bits per heavy atom. The molecule has 1 amide bonds. The van der Waals surface area contributed by atoms with Gasteiger partial charge >= 0.3 is 0 Å². The highest BCUT2D eigenvalue weighted by molar-refractivity contribution is 5.99. The number of rotatable bonds is 2. The Morgan fingerprint density at radius 3 is 2.67 bits per heavy atom. The number of halogens is 3. The van der Waals surface area contributed by atoms with Crippen molar-refractivity contribution in [2.24, 2.45) is 0 Å². The molecule has 3 nitrogen and oxygen atoms in total. The average Bonchev–Trinajstić information content (AvgIpc) is 2.66. The summed E-state index contributed by atoms with van der Waals surface area (Å²) in [7, 11) is 0. The minimum absolute atomic E-state index is 0. The van der Waals surface area contributed by atoms with Crippen LogP contribution in [0.3, 0.4) is 0 Å². The number of hydrogen-bond acceptors (Lipinski definition) is 2. The lowest BCUT2D eigenvalue weighted by atomic mass is 9.86. The van der Waals surface area contributed by atoms with Crippen molar-refractivity contribution < 1.29 is 13.6 Å². The Balaban J connectivity index is 0.00000210. The van der Waals surface area contributed by atoms with E-state index in [1.165, 1.54) is 15.8 Å². The maximum Gasteiger partial charge on any atom is 0.265 e. The predicted molar refractivity (Wildman–Crippen MR) is 106 cm³/mol. The van der Waals surface area contributed by atoms with E-state index in [0.717, 1.165) is 31.3 Å². The molecule has 27 heavy (non-hydrogen) atoms. The molecule has 2 fully saturated rings. The number of hydrogen-bond donors (Lipinski definition) is 1. The molecular weight excluding hydrogens is 370 g/mol. The van der Waals surface area contributed by atoms with E-state index in [0.29, 0.717) is 24.4 Å². The number of benzene rings is 2. The molecule has 2 aliphatic rings. The smallest absolute Gasteiger partial charge is 0.265 e. The van der Waals surface area contributed by atoms with Gasteiger partial charge in [0.05, 0.1) is 6.54 Å². The van der Waals surface area contributed by atoms with Crippen LogP contribution >= 0.6 is 12.4 Å². The van der Waals surface area contributed by atoms with Crippen molar-refractivity contribution in [1.29, 1.82) is 0 Å². The lowest BCUT2D eigenvalue weighted by Crippen LogP contribution is -2.45. The van der Waals surface area contributed by atoms with Crippen molar-refractivity contribution >= 4 is 29.1 Å². The molecule has 1 N–H and O–H groups in total. The molecule has 0 saturated carbocycles. The zero-order chi connectivity index (χ0) is 18.1. The predicted octanol–water partition coefficient (Wildman–Crippen LogP) is 4.60. The van der Waals surface area contributed by atoms with E-state index in [-0.39, 0.29) is 24.7 Å². The van der Waals surface area contributed by atoms with Crippen molar-refractivity contribution in [3.8, 4) is 0 Å². The first-order chi connectivity index (χ1) is 12.5. The lowest BCUT2D eigenvalue weighted by Gasteiger charge is -2.32. The fraction of sp³-hybridized carbons (Fsp3) is 0.476. The Hall–Kier alpha value is -1.72. The Kier molecular flexibility index (Phi) is 6.02. The number of piperidine rings is 2. The number of carbonyl (C=O) groups excluding carboxylic acids is 1. The maximum atomic E-state index is 13.6. The number of likely N-dealkylation sites (tertiary alicyclic amines) is 1. The molecule has 0 bridgehead atoms. The van der Waals surface area contributed by atoms with Crippen LogP contribution in [-0.4, -0.2) is 42.9 Å². The van der Waals surface area contributed by atoms with E-state index in [2.05, 4.69) is 11.4 Å². The van der Waals surface area contributed by atoms with Crippen LogP contribution in [0.1, 0.15) is 47.5 Å². The fourth-order valence-electron chi connectivity index (χ4n) is 4.25. The van der Waals surface area contributed by atoms with Crippen LogP contribution in [0.25, 0.3) is 10.8 Å². The molecule has 4 rings (SSSR count). The molecule has 0 atom stereocenters. The van der Waals surface area contributed by atoms with Gasteiger partial charge in [0, 0.05) is 18.5 Å². The molecule has 0 aromatic heterocycles. The third-order valence-electron chi connectivity index (χ3n) is 5.62. The minimum atomic E-state index is -2.77. The van der Waals surface area contributed by atoms with Crippen molar-refractivity contribution in [1.82, 2.24) is 10.2 Å². The summed E-state index contributed by atoms with van der Waals surface area (Å²) < 4.78 is 27.3. The van der Waals surface area contributed by atoms with Crippen LogP contribution in [-0.2, 0) is 0 Å². The number of amides is 1. The molecule has 6 heteroatoms. The highest BCUT2D eigenvalue weighted by atomic mass is 35.5. The van der Waals surface area contributed by atoms with Crippen LogP contribution in [0, 0.1) is 0 Å². The largest absolute Gasteiger partial charge is 0.333 e. The van der Waals surface area contributed by atoms with Gasteiger partial charge in [-0.1, -0.05) is 24.3 Å². The summed E-state index contributed by atoms with van der Waals surface area (Å²) >= 11 is 0. The standard InChI is InChI=1S/C21H24F2N2O.ClH/c22-21(23)9-2-12-25(14-21)20(26)17-5-6-19-16(13-17)3-1-4-18(19)15-7-10-24-11-8-15;/h1,3-6,13,15,24H,2,7-12,14H2;1H. The second kappa shape index (κ2) is 8.11. The first-order valence-corrected chi connectivity index (χ1v) is 9.44. The van der Waals surface area contributed by atoms with Crippen LogP contribution in [0.5, 0.6) is 0 Å². The molecule has 146 valence electrons. The van der Waals surface area contributed by atoms with Gasteiger partial charge in [-0.25, -0.2) is 8.78 Å². The summed E-state index contributed by atoms with van der Waals surface area (Å²) in [6.45, 7) is 1.99. The average molecular weight is 395 g/mol. The summed E-state index contributed by atoms with van der Waals surface area (Å²) in [6.07, 6.45) is 2.45. The lowest BCUT2D eigenvalue weighted by molar-refractivity contribution is -0.0560. The van der Waals surface area contributed by atoms with Gasteiger partial charge in [0.15, 0.2) is 0 Å². The van der Waals surface area contributed by atoms with E-state index in [1.807, 2.05) is 24.3 Å². The third-order valence-corrected chi connectivity index (χ3v) is 5.62. The maximum absolute atomic E-state index is 13.6. The molecule has 0 aliphatic carbocycles. The zero-order valence-corrected chi connectivity index (χ0v) is 16.0. The zero-order valence-electron chi connectivity index (χ0n) is 15.2. The number of nitrogens with zero attached hydrogens (tertiary/aromatic N) is 1. The van der Waals surface area contributed by atoms with E-state index < -0.39 is 12.5 Å². The summed E-state index contributed by atoms with van der Waals surface area (Å²) in [5.41, 5.74) is 1.82. The second-order valence-corrected chi connectivity index (χ2v) is 7.49. The van der Waals surface area contributed by atoms with Gasteiger partial charge in [0.2, 0.25) is 0 Å². The van der Waals surface area contributed by atoms with Crippen molar-refractivity contribution in [3.05, 3.63) is 47.5 Å². The molecule has 2 aromatic rings. The van der Waals surface area contributed by atoms with Gasteiger partial charge in [-0.2, -0.15) is 0 Å².